The molecule has 0 aliphatic carbocycles. The predicted molar refractivity (Wildman–Crippen MR) is 73.0 cm³/mol. The van der Waals surface area contributed by atoms with Crippen molar-refractivity contribution in [3.63, 3.8) is 0 Å². The Morgan fingerprint density at radius 3 is 2.50 bits per heavy atom. The van der Waals surface area contributed by atoms with E-state index in [1.807, 2.05) is 19.9 Å². The van der Waals surface area contributed by atoms with Gasteiger partial charge in [-0.25, -0.2) is 0 Å². The van der Waals surface area contributed by atoms with E-state index in [4.69, 9.17) is 21.1 Å². The Labute approximate surface area is 113 Å². The SMILES string of the molecule is CCc1c(C(C)CC=O)cc(OC)c(OC)c1Cl. The Balaban J connectivity index is 3.41. The largest absolute Gasteiger partial charge is 0.493 e. The van der Waals surface area contributed by atoms with Crippen LogP contribution in [0.3, 0.4) is 0 Å². The van der Waals surface area contributed by atoms with Crippen molar-refractivity contribution in [1.82, 2.24) is 0 Å². The van der Waals surface area contributed by atoms with Gasteiger partial charge in [0.15, 0.2) is 11.5 Å². The third-order valence-corrected chi connectivity index (χ3v) is 3.48. The number of halogens is 1. The molecule has 0 amide bonds. The molecule has 18 heavy (non-hydrogen) atoms. The summed E-state index contributed by atoms with van der Waals surface area (Å²) in [5.41, 5.74) is 2.07. The lowest BCUT2D eigenvalue weighted by Gasteiger charge is -2.19. The van der Waals surface area contributed by atoms with E-state index in [-0.39, 0.29) is 5.92 Å². The van der Waals surface area contributed by atoms with Gasteiger partial charge in [0.05, 0.1) is 19.2 Å². The van der Waals surface area contributed by atoms with Gasteiger partial charge in [0.2, 0.25) is 0 Å². The highest BCUT2D eigenvalue weighted by Gasteiger charge is 2.20. The van der Waals surface area contributed by atoms with Crippen molar-refractivity contribution in [2.75, 3.05) is 14.2 Å². The fourth-order valence-electron chi connectivity index (χ4n) is 2.08. The van der Waals surface area contributed by atoms with E-state index in [9.17, 15) is 4.79 Å². The first-order chi connectivity index (χ1) is 8.60. The molecule has 0 saturated carbocycles. The molecule has 0 fully saturated rings. The summed E-state index contributed by atoms with van der Waals surface area (Å²) in [5.74, 6) is 1.28. The molecule has 0 aliphatic heterocycles. The van der Waals surface area contributed by atoms with Crippen LogP contribution in [0.4, 0.5) is 0 Å². The van der Waals surface area contributed by atoms with Crippen molar-refractivity contribution in [1.29, 1.82) is 0 Å². The number of hydrogen-bond donors (Lipinski definition) is 0. The van der Waals surface area contributed by atoms with Crippen molar-refractivity contribution in [3.05, 3.63) is 22.2 Å². The zero-order valence-electron chi connectivity index (χ0n) is 11.2. The summed E-state index contributed by atoms with van der Waals surface area (Å²) in [4.78, 5) is 10.7. The third-order valence-electron chi connectivity index (χ3n) is 3.08. The first kappa shape index (κ1) is 14.8. The molecular formula is C14H19ClO3. The van der Waals surface area contributed by atoms with Crippen LogP contribution in [0, 0.1) is 0 Å². The van der Waals surface area contributed by atoms with Crippen molar-refractivity contribution in [2.24, 2.45) is 0 Å². The molecule has 1 rings (SSSR count). The van der Waals surface area contributed by atoms with Crippen LogP contribution >= 0.6 is 11.6 Å². The second kappa shape index (κ2) is 6.64. The summed E-state index contributed by atoms with van der Waals surface area (Å²) in [6.07, 6.45) is 2.19. The molecule has 0 N–H and O–H groups in total. The molecule has 1 aromatic rings. The minimum atomic E-state index is 0.120. The topological polar surface area (TPSA) is 35.5 Å². The molecule has 1 unspecified atom stereocenters. The van der Waals surface area contributed by atoms with E-state index >= 15 is 0 Å². The number of rotatable bonds is 6. The predicted octanol–water partition coefficient (Wildman–Crippen LogP) is 3.61. The van der Waals surface area contributed by atoms with E-state index in [1.54, 1.807) is 14.2 Å². The molecule has 3 nitrogen and oxygen atoms in total. The van der Waals surface area contributed by atoms with Gasteiger partial charge in [0.1, 0.15) is 6.29 Å². The lowest BCUT2D eigenvalue weighted by atomic mass is 9.91. The maximum atomic E-state index is 10.7. The Bertz CT molecular complexity index is 430. The van der Waals surface area contributed by atoms with Gasteiger partial charge in [0, 0.05) is 6.42 Å². The Kier molecular flexibility index (Phi) is 5.48. The fourth-order valence-corrected chi connectivity index (χ4v) is 2.49. The molecule has 0 spiro atoms. The van der Waals surface area contributed by atoms with Gasteiger partial charge in [0.25, 0.3) is 0 Å². The molecule has 0 radical (unpaired) electrons. The molecule has 0 saturated heterocycles. The highest BCUT2D eigenvalue weighted by Crippen LogP contribution is 2.42. The second-order valence-corrected chi connectivity index (χ2v) is 4.53. The van der Waals surface area contributed by atoms with Crippen LogP contribution in [0.1, 0.15) is 37.3 Å². The van der Waals surface area contributed by atoms with Crippen LogP contribution in [-0.2, 0) is 11.2 Å². The maximum absolute atomic E-state index is 10.7. The number of benzene rings is 1. The smallest absolute Gasteiger partial charge is 0.179 e. The average Bonchev–Trinajstić information content (AvgIpc) is 2.37. The summed E-state index contributed by atoms with van der Waals surface area (Å²) < 4.78 is 10.6. The van der Waals surface area contributed by atoms with Crippen LogP contribution in [0.2, 0.25) is 5.02 Å². The minimum absolute atomic E-state index is 0.120. The lowest BCUT2D eigenvalue weighted by Crippen LogP contribution is -2.03. The van der Waals surface area contributed by atoms with Crippen LogP contribution in [0.15, 0.2) is 6.07 Å². The highest BCUT2D eigenvalue weighted by atomic mass is 35.5. The number of hydrogen-bond acceptors (Lipinski definition) is 3. The molecule has 1 atom stereocenters. The maximum Gasteiger partial charge on any atom is 0.179 e. The molecule has 0 aromatic heterocycles. The van der Waals surface area contributed by atoms with Crippen LogP contribution in [0.5, 0.6) is 11.5 Å². The average molecular weight is 271 g/mol. The summed E-state index contributed by atoms with van der Waals surface area (Å²) in [5, 5.41) is 0.576. The summed E-state index contributed by atoms with van der Waals surface area (Å²) in [6.45, 7) is 4.04. The van der Waals surface area contributed by atoms with Gasteiger partial charge in [-0.05, 0) is 29.5 Å². The molecule has 0 heterocycles. The Hall–Kier alpha value is -1.22. The van der Waals surface area contributed by atoms with Gasteiger partial charge in [-0.3, -0.25) is 0 Å². The van der Waals surface area contributed by atoms with Gasteiger partial charge in [-0.1, -0.05) is 25.4 Å². The van der Waals surface area contributed by atoms with Crippen molar-refractivity contribution >= 4 is 17.9 Å². The number of carbonyl (C=O) groups is 1. The van der Waals surface area contributed by atoms with E-state index in [2.05, 4.69) is 0 Å². The van der Waals surface area contributed by atoms with E-state index in [1.165, 1.54) is 0 Å². The van der Waals surface area contributed by atoms with Crippen LogP contribution in [-0.4, -0.2) is 20.5 Å². The van der Waals surface area contributed by atoms with E-state index < -0.39 is 0 Å². The zero-order valence-corrected chi connectivity index (χ0v) is 12.0. The van der Waals surface area contributed by atoms with Gasteiger partial charge in [-0.15, -0.1) is 0 Å². The molecular weight excluding hydrogens is 252 g/mol. The molecule has 4 heteroatoms. The zero-order chi connectivity index (χ0) is 13.7. The number of aldehydes is 1. The second-order valence-electron chi connectivity index (χ2n) is 4.15. The summed E-state index contributed by atoms with van der Waals surface area (Å²) in [7, 11) is 3.14. The van der Waals surface area contributed by atoms with Crippen LogP contribution < -0.4 is 9.47 Å². The first-order valence-corrected chi connectivity index (χ1v) is 6.35. The third kappa shape index (κ3) is 2.78. The van der Waals surface area contributed by atoms with Gasteiger partial charge < -0.3 is 14.3 Å². The van der Waals surface area contributed by atoms with Gasteiger partial charge >= 0.3 is 0 Å². The normalized spacial score (nSPS) is 12.1. The molecule has 0 aliphatic rings. The minimum Gasteiger partial charge on any atom is -0.493 e. The number of carbonyl (C=O) groups excluding carboxylic acids is 1. The van der Waals surface area contributed by atoms with E-state index in [0.29, 0.717) is 22.9 Å². The summed E-state index contributed by atoms with van der Waals surface area (Å²) >= 11 is 6.35. The van der Waals surface area contributed by atoms with Crippen molar-refractivity contribution < 1.29 is 14.3 Å². The standard InChI is InChI=1S/C14H19ClO3/c1-5-10-11(9(2)6-7-16)8-12(17-3)14(18-4)13(10)15/h7-9H,5-6H2,1-4H3. The van der Waals surface area contributed by atoms with Crippen molar-refractivity contribution in [3.8, 4) is 11.5 Å². The molecule has 0 bridgehead atoms. The Morgan fingerprint density at radius 2 is 2.06 bits per heavy atom. The monoisotopic (exact) mass is 270 g/mol. The number of ether oxygens (including phenoxy) is 2. The van der Waals surface area contributed by atoms with Crippen LogP contribution in [0.25, 0.3) is 0 Å². The van der Waals surface area contributed by atoms with Gasteiger partial charge in [-0.2, -0.15) is 0 Å². The highest BCUT2D eigenvalue weighted by molar-refractivity contribution is 6.33. The van der Waals surface area contributed by atoms with E-state index in [0.717, 1.165) is 23.8 Å². The quantitative estimate of drug-likeness (QED) is 0.741. The lowest BCUT2D eigenvalue weighted by molar-refractivity contribution is -0.108. The molecule has 1 aromatic carbocycles. The Morgan fingerprint density at radius 1 is 1.39 bits per heavy atom. The first-order valence-electron chi connectivity index (χ1n) is 5.97. The number of methoxy groups -OCH3 is 2. The fraction of sp³-hybridized carbons (Fsp3) is 0.500. The molecule has 100 valence electrons. The van der Waals surface area contributed by atoms with Crippen molar-refractivity contribution in [2.45, 2.75) is 32.6 Å². The summed E-state index contributed by atoms with van der Waals surface area (Å²) in [6, 6.07) is 1.91.